The van der Waals surface area contributed by atoms with Gasteiger partial charge in [0.2, 0.25) is 0 Å². The fourth-order valence-corrected chi connectivity index (χ4v) is 2.70. The molecule has 2 aromatic rings. The molecule has 2 aliphatic rings. The van der Waals surface area contributed by atoms with Crippen molar-refractivity contribution in [1.29, 1.82) is 0 Å². The quantitative estimate of drug-likeness (QED) is 0.499. The third-order valence-electron chi connectivity index (χ3n) is 3.60. The van der Waals surface area contributed by atoms with E-state index in [1.54, 1.807) is 30.3 Å². The Kier molecular flexibility index (Phi) is 3.02. The van der Waals surface area contributed by atoms with Crippen LogP contribution >= 0.6 is 12.2 Å². The highest BCUT2D eigenvalue weighted by Crippen LogP contribution is 2.28. The summed E-state index contributed by atoms with van der Waals surface area (Å²) in [6.07, 6.45) is 1.58. The summed E-state index contributed by atoms with van der Waals surface area (Å²) >= 11 is 4.87. The van der Waals surface area contributed by atoms with Gasteiger partial charge in [-0.3, -0.25) is 10.1 Å². The Labute approximate surface area is 136 Å². The van der Waals surface area contributed by atoms with Crippen LogP contribution < -0.4 is 10.6 Å². The maximum atomic E-state index is 11.6. The lowest BCUT2D eigenvalue weighted by atomic mass is 10.0. The number of ether oxygens (including phenoxy) is 1. The van der Waals surface area contributed by atoms with Gasteiger partial charge in [-0.2, -0.15) is 0 Å². The second kappa shape index (κ2) is 5.06. The fraction of sp³-hybridized carbons (Fsp3) is 0.0625. The number of cyclic esters (lactones) is 1. The molecule has 1 saturated heterocycles. The van der Waals surface area contributed by atoms with Gasteiger partial charge in [-0.05, 0) is 36.5 Å². The number of carbonyl (C=O) groups is 2. The second-order valence-electron chi connectivity index (χ2n) is 5.12. The topological polar surface area (TPSA) is 80.6 Å². The number of esters is 1. The minimum absolute atomic E-state index is 0.274. The molecular weight excluding hydrogens is 316 g/mol. The third kappa shape index (κ3) is 2.40. The van der Waals surface area contributed by atoms with E-state index in [2.05, 4.69) is 10.6 Å². The van der Waals surface area contributed by atoms with E-state index in [0.29, 0.717) is 22.8 Å². The standard InChI is InChI=1S/C16H10N2O4S/c19-14-12(17-16(23)18-14)6-10-2-4-13(22-10)8-1-3-11-9(5-8)7-21-15(11)20/h1-6H,7H2,(H2,17,18,19,23)/b12-6+. The Morgan fingerprint density at radius 2 is 2.00 bits per heavy atom. The van der Waals surface area contributed by atoms with Gasteiger partial charge in [-0.15, -0.1) is 0 Å². The van der Waals surface area contributed by atoms with E-state index in [-0.39, 0.29) is 23.6 Å². The Bertz CT molecular complexity index is 897. The molecule has 2 aliphatic heterocycles. The van der Waals surface area contributed by atoms with Crippen molar-refractivity contribution in [3.05, 3.63) is 52.9 Å². The molecule has 6 nitrogen and oxygen atoms in total. The molecule has 23 heavy (non-hydrogen) atoms. The van der Waals surface area contributed by atoms with Crippen LogP contribution in [0, 0.1) is 0 Å². The minimum Gasteiger partial charge on any atom is -0.457 e. The largest absolute Gasteiger partial charge is 0.457 e. The number of amides is 1. The highest BCUT2D eigenvalue weighted by atomic mass is 32.1. The minimum atomic E-state index is -0.300. The molecule has 3 heterocycles. The van der Waals surface area contributed by atoms with Crippen LogP contribution in [-0.4, -0.2) is 17.0 Å². The lowest BCUT2D eigenvalue weighted by molar-refractivity contribution is -0.115. The highest BCUT2D eigenvalue weighted by Gasteiger charge is 2.22. The summed E-state index contributed by atoms with van der Waals surface area (Å²) in [7, 11) is 0. The second-order valence-corrected chi connectivity index (χ2v) is 5.52. The van der Waals surface area contributed by atoms with Gasteiger partial charge in [-0.25, -0.2) is 4.79 Å². The monoisotopic (exact) mass is 326 g/mol. The van der Waals surface area contributed by atoms with Crippen molar-refractivity contribution in [2.24, 2.45) is 0 Å². The molecular formula is C16H10N2O4S. The number of nitrogens with one attached hydrogen (secondary N) is 2. The average Bonchev–Trinajstić information content (AvgIpc) is 3.21. The summed E-state index contributed by atoms with van der Waals surface area (Å²) in [5.74, 6) is 0.571. The van der Waals surface area contributed by atoms with E-state index in [1.165, 1.54) is 0 Å². The molecule has 1 aromatic carbocycles. The third-order valence-corrected chi connectivity index (χ3v) is 3.81. The van der Waals surface area contributed by atoms with Gasteiger partial charge >= 0.3 is 5.97 Å². The average molecular weight is 326 g/mol. The van der Waals surface area contributed by atoms with Crippen LogP contribution in [0.3, 0.4) is 0 Å². The van der Waals surface area contributed by atoms with Gasteiger partial charge in [0.1, 0.15) is 23.8 Å². The van der Waals surface area contributed by atoms with Crippen LogP contribution in [0.25, 0.3) is 17.4 Å². The normalized spacial score (nSPS) is 17.9. The highest BCUT2D eigenvalue weighted by molar-refractivity contribution is 7.80. The number of hydrogen-bond donors (Lipinski definition) is 2. The number of fused-ring (bicyclic) bond motifs is 1. The number of hydrogen-bond acceptors (Lipinski definition) is 5. The van der Waals surface area contributed by atoms with Crippen molar-refractivity contribution in [1.82, 2.24) is 10.6 Å². The summed E-state index contributed by atoms with van der Waals surface area (Å²) in [5, 5.41) is 5.52. The lowest BCUT2D eigenvalue weighted by Gasteiger charge is -1.99. The molecule has 7 heteroatoms. The van der Waals surface area contributed by atoms with Crippen molar-refractivity contribution in [2.75, 3.05) is 0 Å². The molecule has 0 spiro atoms. The molecule has 114 valence electrons. The van der Waals surface area contributed by atoms with Gasteiger partial charge in [0.05, 0.1) is 5.56 Å². The van der Waals surface area contributed by atoms with Gasteiger partial charge in [0, 0.05) is 17.2 Å². The zero-order valence-corrected chi connectivity index (χ0v) is 12.5. The first-order chi connectivity index (χ1) is 11.1. The van der Waals surface area contributed by atoms with Crippen LogP contribution in [0.15, 0.2) is 40.4 Å². The number of furan rings is 1. The number of benzene rings is 1. The van der Waals surface area contributed by atoms with Crippen molar-refractivity contribution in [2.45, 2.75) is 6.61 Å². The summed E-state index contributed by atoms with van der Waals surface area (Å²) in [5.41, 5.74) is 2.60. The molecule has 2 N–H and O–H groups in total. The van der Waals surface area contributed by atoms with Crippen molar-refractivity contribution >= 4 is 35.3 Å². The fourth-order valence-electron chi connectivity index (χ4n) is 2.50. The predicted octanol–water partition coefficient (Wildman–Crippen LogP) is 1.96. The summed E-state index contributed by atoms with van der Waals surface area (Å²) in [6, 6.07) is 8.96. The zero-order valence-electron chi connectivity index (χ0n) is 11.7. The molecule has 1 fully saturated rings. The van der Waals surface area contributed by atoms with Crippen LogP contribution in [0.4, 0.5) is 0 Å². The number of thiocarbonyl (C=S) groups is 1. The maximum Gasteiger partial charge on any atom is 0.338 e. The molecule has 1 aromatic heterocycles. The molecule has 1 amide bonds. The van der Waals surface area contributed by atoms with Crippen LogP contribution in [0.5, 0.6) is 0 Å². The molecule has 0 unspecified atom stereocenters. The van der Waals surface area contributed by atoms with Gasteiger partial charge in [0.25, 0.3) is 5.91 Å². The first-order valence-electron chi connectivity index (χ1n) is 6.84. The number of rotatable bonds is 2. The Balaban J connectivity index is 1.64. The van der Waals surface area contributed by atoms with E-state index in [9.17, 15) is 9.59 Å². The molecule has 0 aliphatic carbocycles. The Hall–Kier alpha value is -2.93. The summed E-state index contributed by atoms with van der Waals surface area (Å²) < 4.78 is 10.7. The maximum absolute atomic E-state index is 11.6. The van der Waals surface area contributed by atoms with Crippen molar-refractivity contribution < 1.29 is 18.7 Å². The molecule has 0 atom stereocenters. The van der Waals surface area contributed by atoms with E-state index in [4.69, 9.17) is 21.4 Å². The zero-order chi connectivity index (χ0) is 16.0. The van der Waals surface area contributed by atoms with E-state index in [0.717, 1.165) is 11.1 Å². The van der Waals surface area contributed by atoms with Crippen LogP contribution in [0.1, 0.15) is 21.7 Å². The van der Waals surface area contributed by atoms with E-state index >= 15 is 0 Å². The van der Waals surface area contributed by atoms with Crippen LogP contribution in [0.2, 0.25) is 0 Å². The molecule has 4 rings (SSSR count). The SMILES string of the molecule is O=C1NC(=S)N/C1=C/c1ccc(-c2ccc3c(c2)COC3=O)o1. The van der Waals surface area contributed by atoms with Gasteiger partial charge < -0.3 is 14.5 Å². The number of carbonyl (C=O) groups excluding carboxylic acids is 2. The van der Waals surface area contributed by atoms with Crippen molar-refractivity contribution in [3.63, 3.8) is 0 Å². The Morgan fingerprint density at radius 3 is 2.78 bits per heavy atom. The predicted molar refractivity (Wildman–Crippen MR) is 85.1 cm³/mol. The first-order valence-corrected chi connectivity index (χ1v) is 7.25. The van der Waals surface area contributed by atoms with E-state index < -0.39 is 0 Å². The van der Waals surface area contributed by atoms with Crippen LogP contribution in [-0.2, 0) is 16.1 Å². The van der Waals surface area contributed by atoms with E-state index in [1.807, 2.05) is 6.07 Å². The van der Waals surface area contributed by atoms with Gasteiger partial charge in [0.15, 0.2) is 5.11 Å². The summed E-state index contributed by atoms with van der Waals surface area (Å²) in [6.45, 7) is 0.279. The smallest absolute Gasteiger partial charge is 0.338 e. The summed E-state index contributed by atoms with van der Waals surface area (Å²) in [4.78, 5) is 23.1. The lowest BCUT2D eigenvalue weighted by Crippen LogP contribution is -2.21. The van der Waals surface area contributed by atoms with Crippen molar-refractivity contribution in [3.8, 4) is 11.3 Å². The Morgan fingerprint density at radius 1 is 1.13 bits per heavy atom. The van der Waals surface area contributed by atoms with Gasteiger partial charge in [-0.1, -0.05) is 6.07 Å². The molecule has 0 bridgehead atoms. The molecule has 0 saturated carbocycles. The molecule has 0 radical (unpaired) electrons. The first kappa shape index (κ1) is 13.7.